The molecule has 1 aliphatic heterocycles. The normalized spacial score (nSPS) is 19.5. The minimum absolute atomic E-state index is 0.146. The van der Waals surface area contributed by atoms with E-state index < -0.39 is 6.04 Å². The second-order valence-electron chi connectivity index (χ2n) is 4.81. The van der Waals surface area contributed by atoms with Crippen LogP contribution in [0.15, 0.2) is 24.3 Å². The van der Waals surface area contributed by atoms with Gasteiger partial charge in [-0.15, -0.1) is 0 Å². The Morgan fingerprint density at radius 2 is 2.25 bits per heavy atom. The Bertz CT molecular complexity index is 507. The van der Waals surface area contributed by atoms with Crippen molar-refractivity contribution in [3.8, 4) is 0 Å². The van der Waals surface area contributed by atoms with Crippen LogP contribution in [0.1, 0.15) is 18.9 Å². The van der Waals surface area contributed by atoms with E-state index in [4.69, 9.17) is 0 Å². The maximum Gasteiger partial charge on any atom is 0.246 e. The van der Waals surface area contributed by atoms with E-state index in [-0.39, 0.29) is 17.9 Å². The molecule has 2 amide bonds. The molecule has 0 saturated carbocycles. The number of aryl methyl sites for hydroxylation is 1. The lowest BCUT2D eigenvalue weighted by Gasteiger charge is -2.18. The van der Waals surface area contributed by atoms with Crippen LogP contribution in [0.2, 0.25) is 0 Å². The van der Waals surface area contributed by atoms with Gasteiger partial charge in [0.05, 0.1) is 6.04 Å². The molecule has 0 radical (unpaired) electrons. The predicted octanol–water partition coefficient (Wildman–Crippen LogP) is 1.43. The number of halogens is 1. The molecule has 3 N–H and O–H groups in total. The third-order valence-electron chi connectivity index (χ3n) is 3.39. The van der Waals surface area contributed by atoms with Crippen LogP contribution in [0.4, 0.5) is 5.69 Å². The Labute approximate surface area is 132 Å². The average molecular weight is 387 g/mol. The van der Waals surface area contributed by atoms with Crippen LogP contribution in [0.5, 0.6) is 0 Å². The smallest absolute Gasteiger partial charge is 0.246 e. The van der Waals surface area contributed by atoms with Crippen molar-refractivity contribution in [3.05, 3.63) is 29.8 Å². The standard InChI is InChI=1S/C14H18IN3O2/c1-9(16-8-15)13(19)18-12-7-6-10-4-2-3-5-11(10)17-14(12)20/h2-5,9,12,16H,6-8H2,1H3,(H,17,20)(H,18,19). The number of rotatable bonds is 4. The fraction of sp³-hybridized carbons (Fsp3) is 0.429. The van der Waals surface area contributed by atoms with Crippen LogP contribution in [0, 0.1) is 0 Å². The molecule has 0 aliphatic carbocycles. The first-order chi connectivity index (χ1) is 9.61. The first-order valence-electron chi connectivity index (χ1n) is 6.60. The molecule has 1 aliphatic rings. The van der Waals surface area contributed by atoms with E-state index in [1.807, 2.05) is 24.3 Å². The van der Waals surface area contributed by atoms with Gasteiger partial charge in [-0.3, -0.25) is 14.9 Å². The van der Waals surface area contributed by atoms with E-state index in [9.17, 15) is 9.59 Å². The molecule has 108 valence electrons. The van der Waals surface area contributed by atoms with Crippen molar-refractivity contribution in [2.45, 2.75) is 31.8 Å². The topological polar surface area (TPSA) is 70.2 Å². The largest absolute Gasteiger partial charge is 0.343 e. The number of alkyl halides is 1. The number of fused-ring (bicyclic) bond motifs is 1. The summed E-state index contributed by atoms with van der Waals surface area (Å²) >= 11 is 2.15. The first-order valence-corrected chi connectivity index (χ1v) is 8.13. The van der Waals surface area contributed by atoms with Crippen LogP contribution < -0.4 is 16.0 Å². The molecule has 1 heterocycles. The van der Waals surface area contributed by atoms with Crippen LogP contribution in [0.3, 0.4) is 0 Å². The van der Waals surface area contributed by atoms with Gasteiger partial charge in [0.25, 0.3) is 0 Å². The van der Waals surface area contributed by atoms with Crippen molar-refractivity contribution in [1.82, 2.24) is 10.6 Å². The molecule has 0 saturated heterocycles. The summed E-state index contributed by atoms with van der Waals surface area (Å²) in [5.74, 6) is -0.294. The summed E-state index contributed by atoms with van der Waals surface area (Å²) < 4.78 is 0.689. The highest BCUT2D eigenvalue weighted by Crippen LogP contribution is 2.21. The summed E-state index contributed by atoms with van der Waals surface area (Å²) in [6.45, 7) is 1.79. The molecule has 0 bridgehead atoms. The highest BCUT2D eigenvalue weighted by atomic mass is 127. The average Bonchev–Trinajstić information content (AvgIpc) is 2.59. The summed E-state index contributed by atoms with van der Waals surface area (Å²) in [5.41, 5.74) is 1.95. The second-order valence-corrected chi connectivity index (χ2v) is 5.57. The summed E-state index contributed by atoms with van der Waals surface area (Å²) in [6.07, 6.45) is 1.39. The highest BCUT2D eigenvalue weighted by Gasteiger charge is 2.26. The van der Waals surface area contributed by atoms with Gasteiger partial charge in [0.1, 0.15) is 6.04 Å². The molecule has 2 unspecified atom stereocenters. The lowest BCUT2D eigenvalue weighted by atomic mass is 10.1. The van der Waals surface area contributed by atoms with Crippen LogP contribution >= 0.6 is 22.6 Å². The molecular formula is C14H18IN3O2. The lowest BCUT2D eigenvalue weighted by molar-refractivity contribution is -0.127. The van der Waals surface area contributed by atoms with Crippen molar-refractivity contribution in [2.24, 2.45) is 0 Å². The molecule has 5 nitrogen and oxygen atoms in total. The number of anilines is 1. The van der Waals surface area contributed by atoms with Crippen molar-refractivity contribution in [1.29, 1.82) is 0 Å². The van der Waals surface area contributed by atoms with E-state index in [0.717, 1.165) is 17.7 Å². The molecule has 20 heavy (non-hydrogen) atoms. The third-order valence-corrected chi connectivity index (χ3v) is 3.83. The summed E-state index contributed by atoms with van der Waals surface area (Å²) in [4.78, 5) is 24.1. The molecule has 1 aromatic rings. The van der Waals surface area contributed by atoms with Crippen molar-refractivity contribution in [2.75, 3.05) is 9.87 Å². The van der Waals surface area contributed by atoms with E-state index in [0.29, 0.717) is 11.0 Å². The predicted molar refractivity (Wildman–Crippen MR) is 86.8 cm³/mol. The number of carbonyl (C=O) groups excluding carboxylic acids is 2. The Kier molecular flexibility index (Phi) is 5.36. The van der Waals surface area contributed by atoms with Gasteiger partial charge in [-0.05, 0) is 31.4 Å². The van der Waals surface area contributed by atoms with E-state index in [1.165, 1.54) is 0 Å². The maximum atomic E-state index is 12.1. The molecule has 0 spiro atoms. The van der Waals surface area contributed by atoms with Crippen molar-refractivity contribution in [3.63, 3.8) is 0 Å². The minimum atomic E-state index is -0.478. The fourth-order valence-electron chi connectivity index (χ4n) is 2.15. The maximum absolute atomic E-state index is 12.1. The second kappa shape index (κ2) is 7.03. The van der Waals surface area contributed by atoms with Crippen molar-refractivity contribution >= 4 is 40.1 Å². The molecule has 2 atom stereocenters. The molecule has 6 heteroatoms. The Balaban J connectivity index is 2.01. The summed E-state index contributed by atoms with van der Waals surface area (Å²) in [7, 11) is 0. The molecule has 1 aromatic carbocycles. The number of carbonyl (C=O) groups is 2. The number of nitrogens with one attached hydrogen (secondary N) is 3. The number of amides is 2. The first kappa shape index (κ1) is 15.2. The van der Waals surface area contributed by atoms with Gasteiger partial charge in [0.2, 0.25) is 11.8 Å². The van der Waals surface area contributed by atoms with Crippen molar-refractivity contribution < 1.29 is 9.59 Å². The van der Waals surface area contributed by atoms with Crippen LogP contribution in [0.25, 0.3) is 0 Å². The quantitative estimate of drug-likeness (QED) is 0.416. The van der Waals surface area contributed by atoms with Gasteiger partial charge >= 0.3 is 0 Å². The molecule has 0 fully saturated rings. The van der Waals surface area contributed by atoms with E-state index in [1.54, 1.807) is 6.92 Å². The zero-order chi connectivity index (χ0) is 14.5. The monoisotopic (exact) mass is 387 g/mol. The molecule has 2 rings (SSSR count). The van der Waals surface area contributed by atoms with Crippen LogP contribution in [-0.2, 0) is 16.0 Å². The Morgan fingerprint density at radius 1 is 1.50 bits per heavy atom. The molecular weight excluding hydrogens is 369 g/mol. The number of para-hydroxylation sites is 1. The zero-order valence-corrected chi connectivity index (χ0v) is 13.4. The Hall–Kier alpha value is -1.15. The zero-order valence-electron chi connectivity index (χ0n) is 11.3. The number of benzene rings is 1. The van der Waals surface area contributed by atoms with E-state index >= 15 is 0 Å². The molecule has 0 aromatic heterocycles. The third kappa shape index (κ3) is 3.69. The van der Waals surface area contributed by atoms with Gasteiger partial charge < -0.3 is 10.6 Å². The SMILES string of the molecule is CC(NCI)C(=O)NC1CCc2ccccc2NC1=O. The van der Waals surface area contributed by atoms with Crippen LogP contribution in [-0.4, -0.2) is 28.4 Å². The van der Waals surface area contributed by atoms with Gasteiger partial charge in [-0.1, -0.05) is 40.8 Å². The van der Waals surface area contributed by atoms with Gasteiger partial charge in [0, 0.05) is 10.2 Å². The summed E-state index contributed by atoms with van der Waals surface area (Å²) in [6, 6.07) is 6.96. The van der Waals surface area contributed by atoms with Gasteiger partial charge in [-0.2, -0.15) is 0 Å². The number of hydrogen-bond donors (Lipinski definition) is 3. The van der Waals surface area contributed by atoms with E-state index in [2.05, 4.69) is 38.5 Å². The highest BCUT2D eigenvalue weighted by molar-refractivity contribution is 14.1. The lowest BCUT2D eigenvalue weighted by Crippen LogP contribution is -2.49. The fourth-order valence-corrected chi connectivity index (χ4v) is 2.81. The summed E-state index contributed by atoms with van der Waals surface area (Å²) in [5, 5.41) is 8.71. The van der Waals surface area contributed by atoms with Gasteiger partial charge in [0.15, 0.2) is 0 Å². The van der Waals surface area contributed by atoms with Gasteiger partial charge in [-0.25, -0.2) is 0 Å². The Morgan fingerprint density at radius 3 is 3.00 bits per heavy atom. The number of hydrogen-bond acceptors (Lipinski definition) is 3. The minimum Gasteiger partial charge on any atom is -0.343 e.